The molecule has 0 saturated carbocycles. The van der Waals surface area contributed by atoms with E-state index in [1.807, 2.05) is 60.7 Å². The zero-order chi connectivity index (χ0) is 12.1. The molecule has 2 unspecified atom stereocenters. The smallest absolute Gasteiger partial charge is 0.134 e. The lowest BCUT2D eigenvalue weighted by molar-refractivity contribution is -0.00831. The normalized spacial score (nSPS) is 14.2. The molecule has 3 nitrogen and oxygen atoms in total. The Balaban J connectivity index is 2.02. The van der Waals surface area contributed by atoms with Crippen molar-refractivity contribution in [1.82, 2.24) is 0 Å². The van der Waals surface area contributed by atoms with E-state index < -0.39 is 12.5 Å². The second kappa shape index (κ2) is 5.59. The quantitative estimate of drug-likeness (QED) is 0.789. The maximum atomic E-state index is 5.93. The lowest BCUT2D eigenvalue weighted by Crippen LogP contribution is -2.22. The molecular formula is C14H16N2O. The van der Waals surface area contributed by atoms with Gasteiger partial charge in [-0.3, -0.25) is 0 Å². The minimum absolute atomic E-state index is 0.508. The topological polar surface area (TPSA) is 61.3 Å². The predicted molar refractivity (Wildman–Crippen MR) is 67.8 cm³/mol. The van der Waals surface area contributed by atoms with Crippen LogP contribution in [0.5, 0.6) is 0 Å². The van der Waals surface area contributed by atoms with Gasteiger partial charge in [-0.05, 0) is 11.1 Å². The van der Waals surface area contributed by atoms with Gasteiger partial charge in [0.25, 0.3) is 0 Å². The van der Waals surface area contributed by atoms with E-state index >= 15 is 0 Å². The first-order valence-corrected chi connectivity index (χ1v) is 5.54. The van der Waals surface area contributed by atoms with Crippen LogP contribution in [0.15, 0.2) is 60.7 Å². The molecule has 0 amide bonds. The number of ether oxygens (including phenoxy) is 1. The Morgan fingerprint density at radius 3 is 1.35 bits per heavy atom. The lowest BCUT2D eigenvalue weighted by atomic mass is 10.2. The Morgan fingerprint density at radius 2 is 1.00 bits per heavy atom. The molecule has 0 aromatic heterocycles. The van der Waals surface area contributed by atoms with Gasteiger partial charge in [-0.25, -0.2) is 0 Å². The third-order valence-electron chi connectivity index (χ3n) is 2.55. The highest BCUT2D eigenvalue weighted by molar-refractivity contribution is 5.19. The number of hydrogen-bond donors (Lipinski definition) is 2. The summed E-state index contributed by atoms with van der Waals surface area (Å²) < 4.78 is 5.58. The summed E-state index contributed by atoms with van der Waals surface area (Å²) in [6.07, 6.45) is -1.02. The van der Waals surface area contributed by atoms with Crippen LogP contribution in [0.3, 0.4) is 0 Å². The van der Waals surface area contributed by atoms with Gasteiger partial charge in [0, 0.05) is 0 Å². The summed E-state index contributed by atoms with van der Waals surface area (Å²) in [5, 5.41) is 0. The first kappa shape index (κ1) is 11.8. The van der Waals surface area contributed by atoms with Crippen LogP contribution in [0.4, 0.5) is 0 Å². The molecule has 4 N–H and O–H groups in total. The number of rotatable bonds is 4. The molecule has 3 heteroatoms. The van der Waals surface area contributed by atoms with Crippen LogP contribution in [0.2, 0.25) is 0 Å². The number of benzene rings is 2. The standard InChI is InChI=1S/C14H16N2O/c15-13(11-7-3-1-4-8-11)17-14(16)12-9-5-2-6-10-12/h1-10,13-14H,15-16H2. The summed E-state index contributed by atoms with van der Waals surface area (Å²) in [7, 11) is 0. The average molecular weight is 228 g/mol. The molecule has 2 aromatic rings. The van der Waals surface area contributed by atoms with Crippen molar-refractivity contribution in [3.05, 3.63) is 71.8 Å². The average Bonchev–Trinajstić information content (AvgIpc) is 2.40. The third-order valence-corrected chi connectivity index (χ3v) is 2.55. The summed E-state index contributed by atoms with van der Waals surface area (Å²) in [4.78, 5) is 0. The van der Waals surface area contributed by atoms with Gasteiger partial charge in [0.05, 0.1) is 0 Å². The van der Waals surface area contributed by atoms with Crippen LogP contribution < -0.4 is 11.5 Å². The van der Waals surface area contributed by atoms with Crippen molar-refractivity contribution >= 4 is 0 Å². The van der Waals surface area contributed by atoms with Crippen LogP contribution in [0, 0.1) is 0 Å². The van der Waals surface area contributed by atoms with Crippen molar-refractivity contribution in [1.29, 1.82) is 0 Å². The predicted octanol–water partition coefficient (Wildman–Crippen LogP) is 2.32. The highest BCUT2D eigenvalue weighted by Gasteiger charge is 2.12. The van der Waals surface area contributed by atoms with E-state index in [0.29, 0.717) is 0 Å². The minimum Gasteiger partial charge on any atom is -0.337 e. The van der Waals surface area contributed by atoms with E-state index in [1.165, 1.54) is 0 Å². The molecule has 0 spiro atoms. The first-order valence-electron chi connectivity index (χ1n) is 5.54. The summed E-state index contributed by atoms with van der Waals surface area (Å²) in [5.41, 5.74) is 13.7. The van der Waals surface area contributed by atoms with Gasteiger partial charge in [-0.2, -0.15) is 0 Å². The fourth-order valence-corrected chi connectivity index (χ4v) is 1.60. The highest BCUT2D eigenvalue weighted by Crippen LogP contribution is 2.19. The van der Waals surface area contributed by atoms with Gasteiger partial charge >= 0.3 is 0 Å². The van der Waals surface area contributed by atoms with E-state index in [2.05, 4.69) is 0 Å². The molecule has 0 aliphatic heterocycles. The SMILES string of the molecule is NC(OC(N)c1ccccc1)c1ccccc1. The molecule has 0 bridgehead atoms. The van der Waals surface area contributed by atoms with Crippen LogP contribution in [0.25, 0.3) is 0 Å². The summed E-state index contributed by atoms with van der Waals surface area (Å²) in [6.45, 7) is 0. The molecule has 0 radical (unpaired) electrons. The molecular weight excluding hydrogens is 212 g/mol. The van der Waals surface area contributed by atoms with Gasteiger partial charge in [0.15, 0.2) is 0 Å². The second-order valence-corrected chi connectivity index (χ2v) is 3.80. The van der Waals surface area contributed by atoms with Crippen molar-refractivity contribution in [2.75, 3.05) is 0 Å². The minimum atomic E-state index is -0.508. The maximum absolute atomic E-state index is 5.93. The molecule has 17 heavy (non-hydrogen) atoms. The lowest BCUT2D eigenvalue weighted by Gasteiger charge is -2.19. The van der Waals surface area contributed by atoms with Gasteiger partial charge in [0.2, 0.25) is 0 Å². The molecule has 0 heterocycles. The molecule has 2 rings (SSSR count). The molecule has 0 aliphatic carbocycles. The molecule has 0 aliphatic rings. The van der Waals surface area contributed by atoms with E-state index in [-0.39, 0.29) is 0 Å². The van der Waals surface area contributed by atoms with Crippen molar-refractivity contribution in [3.63, 3.8) is 0 Å². The number of nitrogens with two attached hydrogens (primary N) is 2. The van der Waals surface area contributed by atoms with Crippen molar-refractivity contribution in [3.8, 4) is 0 Å². The van der Waals surface area contributed by atoms with Gasteiger partial charge in [-0.1, -0.05) is 60.7 Å². The van der Waals surface area contributed by atoms with E-state index in [0.717, 1.165) is 11.1 Å². The van der Waals surface area contributed by atoms with Crippen molar-refractivity contribution in [2.24, 2.45) is 11.5 Å². The van der Waals surface area contributed by atoms with E-state index in [9.17, 15) is 0 Å². The molecule has 0 fully saturated rings. The first-order chi connectivity index (χ1) is 8.27. The van der Waals surface area contributed by atoms with Crippen molar-refractivity contribution < 1.29 is 4.74 Å². The molecule has 2 aromatic carbocycles. The fraction of sp³-hybridized carbons (Fsp3) is 0.143. The Kier molecular flexibility index (Phi) is 3.88. The van der Waals surface area contributed by atoms with Crippen LogP contribution in [-0.4, -0.2) is 0 Å². The van der Waals surface area contributed by atoms with E-state index in [1.54, 1.807) is 0 Å². The Bertz CT molecular complexity index is 401. The Hall–Kier alpha value is -1.68. The molecule has 88 valence electrons. The Morgan fingerprint density at radius 1 is 0.647 bits per heavy atom. The Labute approximate surface area is 101 Å². The van der Waals surface area contributed by atoms with Crippen LogP contribution in [-0.2, 0) is 4.74 Å². The van der Waals surface area contributed by atoms with Crippen LogP contribution in [0.1, 0.15) is 23.6 Å². The third kappa shape index (κ3) is 3.14. The number of hydrogen-bond acceptors (Lipinski definition) is 3. The zero-order valence-electron chi connectivity index (χ0n) is 9.49. The maximum Gasteiger partial charge on any atom is 0.134 e. The van der Waals surface area contributed by atoms with Gasteiger partial charge < -0.3 is 16.2 Å². The second-order valence-electron chi connectivity index (χ2n) is 3.80. The summed E-state index contributed by atoms with van der Waals surface area (Å²) in [6, 6.07) is 19.2. The van der Waals surface area contributed by atoms with E-state index in [4.69, 9.17) is 16.2 Å². The van der Waals surface area contributed by atoms with Crippen LogP contribution >= 0.6 is 0 Å². The zero-order valence-corrected chi connectivity index (χ0v) is 9.49. The molecule has 0 saturated heterocycles. The van der Waals surface area contributed by atoms with Gasteiger partial charge in [-0.15, -0.1) is 0 Å². The largest absolute Gasteiger partial charge is 0.337 e. The van der Waals surface area contributed by atoms with Crippen molar-refractivity contribution in [2.45, 2.75) is 12.5 Å². The summed E-state index contributed by atoms with van der Waals surface area (Å²) in [5.74, 6) is 0. The van der Waals surface area contributed by atoms with Gasteiger partial charge in [0.1, 0.15) is 12.5 Å². The monoisotopic (exact) mass is 228 g/mol. The summed E-state index contributed by atoms with van der Waals surface area (Å²) >= 11 is 0. The molecule has 2 atom stereocenters. The fourth-order valence-electron chi connectivity index (χ4n) is 1.60. The highest BCUT2D eigenvalue weighted by atomic mass is 16.5.